The monoisotopic (exact) mass is 569 g/mol. The molecule has 4 N–H and O–H groups in total. The summed E-state index contributed by atoms with van der Waals surface area (Å²) < 4.78 is 41.8. The van der Waals surface area contributed by atoms with Gasteiger partial charge in [-0.15, -0.1) is 0 Å². The van der Waals surface area contributed by atoms with Gasteiger partial charge in [-0.3, -0.25) is 0 Å². The molecule has 1 heterocycles. The molecule has 0 bridgehead atoms. The van der Waals surface area contributed by atoms with E-state index in [0.29, 0.717) is 11.4 Å². The number of ether oxygens (including phenoxy) is 3. The average molecular weight is 570 g/mol. The summed E-state index contributed by atoms with van der Waals surface area (Å²) in [5, 5.41) is 11.1. The standard InChI is InChI=1S/C26H24ClN5O6S/c1-36-18-11-12-20(27)21(15-18)38-24-23(19-9-5-6-10-22(19)39(28,34)35)30-16-31-25(24)37-14-13-29-26(33)32-17-7-3-2-4-8-17/h2-12,15-16H,13-14H2,1H3,(H2,28,34,35)(H2,29,32,33). The fourth-order valence-electron chi connectivity index (χ4n) is 3.46. The molecule has 13 heteroatoms. The van der Waals surface area contributed by atoms with Crippen molar-refractivity contribution in [2.75, 3.05) is 25.6 Å². The Morgan fingerprint density at radius 2 is 1.77 bits per heavy atom. The van der Waals surface area contributed by atoms with E-state index in [1.54, 1.807) is 48.5 Å². The lowest BCUT2D eigenvalue weighted by Gasteiger charge is -2.17. The lowest BCUT2D eigenvalue weighted by Crippen LogP contribution is -2.32. The number of nitrogens with zero attached hydrogens (tertiary/aromatic N) is 2. The highest BCUT2D eigenvalue weighted by Crippen LogP contribution is 2.42. The maximum absolute atomic E-state index is 12.3. The first-order chi connectivity index (χ1) is 18.8. The van der Waals surface area contributed by atoms with Crippen LogP contribution in [0.5, 0.6) is 23.1 Å². The SMILES string of the molecule is COc1ccc(Cl)c(Oc2c(OCCNC(=O)Nc3ccccc3)ncnc2-c2ccccc2S(N)(=O)=O)c1. The van der Waals surface area contributed by atoms with E-state index in [1.165, 1.54) is 31.6 Å². The van der Waals surface area contributed by atoms with Crippen molar-refractivity contribution in [3.63, 3.8) is 0 Å². The summed E-state index contributed by atoms with van der Waals surface area (Å²) in [5.41, 5.74) is 0.899. The molecular formula is C26H24ClN5O6S. The van der Waals surface area contributed by atoms with Crippen molar-refractivity contribution < 1.29 is 27.4 Å². The molecule has 0 atom stereocenters. The van der Waals surface area contributed by atoms with E-state index in [2.05, 4.69) is 20.6 Å². The van der Waals surface area contributed by atoms with Gasteiger partial charge < -0.3 is 24.8 Å². The summed E-state index contributed by atoms with van der Waals surface area (Å²) in [5.74, 6) is 0.616. The van der Waals surface area contributed by atoms with Crippen LogP contribution in [0.25, 0.3) is 11.3 Å². The Hall–Kier alpha value is -4.39. The largest absolute Gasteiger partial charge is 0.497 e. The van der Waals surface area contributed by atoms with Crippen molar-refractivity contribution >= 4 is 33.3 Å². The maximum atomic E-state index is 12.3. The second-order valence-electron chi connectivity index (χ2n) is 7.89. The lowest BCUT2D eigenvalue weighted by molar-refractivity contribution is 0.245. The quantitative estimate of drug-likeness (QED) is 0.237. The van der Waals surface area contributed by atoms with E-state index in [1.807, 2.05) is 6.07 Å². The van der Waals surface area contributed by atoms with Crippen LogP contribution in [0.4, 0.5) is 10.5 Å². The van der Waals surface area contributed by atoms with E-state index in [4.69, 9.17) is 31.0 Å². The average Bonchev–Trinajstić information content (AvgIpc) is 2.93. The molecule has 0 aliphatic rings. The number of primary sulfonamides is 1. The molecule has 0 fully saturated rings. The number of hydrogen-bond acceptors (Lipinski definition) is 8. The van der Waals surface area contributed by atoms with Crippen molar-refractivity contribution in [1.82, 2.24) is 15.3 Å². The first-order valence-corrected chi connectivity index (χ1v) is 13.4. The molecule has 0 radical (unpaired) electrons. The zero-order chi connectivity index (χ0) is 27.8. The van der Waals surface area contributed by atoms with Crippen LogP contribution < -0.4 is 30.0 Å². The highest BCUT2D eigenvalue weighted by Gasteiger charge is 2.24. The van der Waals surface area contributed by atoms with Crippen LogP contribution in [0.15, 0.2) is 84.0 Å². The van der Waals surface area contributed by atoms with E-state index < -0.39 is 16.1 Å². The molecule has 4 aromatic rings. The number of benzene rings is 3. The van der Waals surface area contributed by atoms with Crippen molar-refractivity contribution in [2.24, 2.45) is 5.14 Å². The third kappa shape index (κ3) is 7.13. The lowest BCUT2D eigenvalue weighted by atomic mass is 10.1. The van der Waals surface area contributed by atoms with Crippen molar-refractivity contribution in [3.8, 4) is 34.4 Å². The van der Waals surface area contributed by atoms with Crippen LogP contribution in [-0.2, 0) is 10.0 Å². The number of anilines is 1. The van der Waals surface area contributed by atoms with Crippen LogP contribution in [-0.4, -0.2) is 44.7 Å². The van der Waals surface area contributed by atoms with Gasteiger partial charge in [-0.2, -0.15) is 4.98 Å². The Morgan fingerprint density at radius 3 is 2.51 bits per heavy atom. The molecule has 202 valence electrons. The number of carbonyl (C=O) groups excluding carboxylic acids is 1. The molecule has 11 nitrogen and oxygen atoms in total. The van der Waals surface area contributed by atoms with Crippen LogP contribution in [0.3, 0.4) is 0 Å². The number of sulfonamides is 1. The predicted octanol–water partition coefficient (Wildman–Crippen LogP) is 4.45. The zero-order valence-electron chi connectivity index (χ0n) is 20.6. The predicted molar refractivity (Wildman–Crippen MR) is 146 cm³/mol. The maximum Gasteiger partial charge on any atom is 0.319 e. The van der Waals surface area contributed by atoms with Crippen LogP contribution >= 0.6 is 11.6 Å². The number of para-hydroxylation sites is 1. The van der Waals surface area contributed by atoms with E-state index in [9.17, 15) is 13.2 Å². The van der Waals surface area contributed by atoms with Gasteiger partial charge in [0.05, 0.1) is 23.6 Å². The molecule has 4 rings (SSSR count). The highest BCUT2D eigenvalue weighted by molar-refractivity contribution is 7.89. The summed E-state index contributed by atoms with van der Waals surface area (Å²) in [6.45, 7) is 0.114. The van der Waals surface area contributed by atoms with Gasteiger partial charge in [0.2, 0.25) is 15.8 Å². The van der Waals surface area contributed by atoms with Gasteiger partial charge in [-0.25, -0.2) is 23.3 Å². The number of nitrogens with two attached hydrogens (primary N) is 1. The summed E-state index contributed by atoms with van der Waals surface area (Å²) in [7, 11) is -2.63. The fourth-order valence-corrected chi connectivity index (χ4v) is 4.36. The Morgan fingerprint density at radius 1 is 1.03 bits per heavy atom. The molecule has 0 aliphatic heterocycles. The minimum atomic E-state index is -4.12. The van der Waals surface area contributed by atoms with Gasteiger partial charge in [0.15, 0.2) is 0 Å². The molecular weight excluding hydrogens is 546 g/mol. The Kier molecular flexibility index (Phi) is 8.81. The van der Waals surface area contributed by atoms with Gasteiger partial charge in [-0.05, 0) is 30.3 Å². The number of amides is 2. The van der Waals surface area contributed by atoms with E-state index in [-0.39, 0.29) is 51.7 Å². The highest BCUT2D eigenvalue weighted by atomic mass is 35.5. The van der Waals surface area contributed by atoms with Gasteiger partial charge in [0.25, 0.3) is 5.88 Å². The minimum absolute atomic E-state index is 0.00228. The van der Waals surface area contributed by atoms with Crippen LogP contribution in [0, 0.1) is 0 Å². The molecule has 1 aromatic heterocycles. The van der Waals surface area contributed by atoms with Gasteiger partial charge in [-0.1, -0.05) is 48.0 Å². The second kappa shape index (κ2) is 12.4. The molecule has 0 spiro atoms. The van der Waals surface area contributed by atoms with E-state index in [0.717, 1.165) is 0 Å². The molecule has 39 heavy (non-hydrogen) atoms. The number of hydrogen-bond donors (Lipinski definition) is 3. The first kappa shape index (κ1) is 27.6. The summed E-state index contributed by atoms with van der Waals surface area (Å²) in [4.78, 5) is 20.4. The minimum Gasteiger partial charge on any atom is -0.497 e. The van der Waals surface area contributed by atoms with Crippen molar-refractivity contribution in [1.29, 1.82) is 0 Å². The Labute approximate surface area is 230 Å². The number of urea groups is 1. The number of halogens is 1. The number of methoxy groups -OCH3 is 1. The van der Waals surface area contributed by atoms with Gasteiger partial charge in [0.1, 0.15) is 30.1 Å². The number of nitrogens with one attached hydrogen (secondary N) is 2. The molecule has 2 amide bonds. The smallest absolute Gasteiger partial charge is 0.319 e. The van der Waals surface area contributed by atoms with Crippen molar-refractivity contribution in [2.45, 2.75) is 4.90 Å². The Bertz CT molecular complexity index is 1570. The van der Waals surface area contributed by atoms with Crippen LogP contribution in [0.1, 0.15) is 0 Å². The molecule has 0 aliphatic carbocycles. The fraction of sp³-hybridized carbons (Fsp3) is 0.115. The zero-order valence-corrected chi connectivity index (χ0v) is 22.2. The third-order valence-electron chi connectivity index (χ3n) is 5.23. The number of aromatic nitrogens is 2. The first-order valence-electron chi connectivity index (χ1n) is 11.5. The van der Waals surface area contributed by atoms with E-state index >= 15 is 0 Å². The summed E-state index contributed by atoms with van der Waals surface area (Å²) in [6.07, 6.45) is 1.19. The third-order valence-corrected chi connectivity index (χ3v) is 6.51. The molecule has 0 unspecified atom stereocenters. The van der Waals surface area contributed by atoms with Crippen LogP contribution in [0.2, 0.25) is 5.02 Å². The Balaban J connectivity index is 1.63. The second-order valence-corrected chi connectivity index (χ2v) is 9.83. The van der Waals surface area contributed by atoms with Crippen molar-refractivity contribution in [3.05, 3.63) is 84.1 Å². The normalized spacial score (nSPS) is 10.9. The van der Waals surface area contributed by atoms with Gasteiger partial charge >= 0.3 is 6.03 Å². The summed E-state index contributed by atoms with van der Waals surface area (Å²) >= 11 is 6.35. The number of rotatable bonds is 10. The number of carbonyl (C=O) groups is 1. The summed E-state index contributed by atoms with van der Waals surface area (Å²) in [6, 6.07) is 19.3. The molecule has 0 saturated heterocycles. The van der Waals surface area contributed by atoms with Gasteiger partial charge in [0, 0.05) is 17.3 Å². The molecule has 3 aromatic carbocycles. The molecule has 0 saturated carbocycles. The topological polar surface area (TPSA) is 155 Å².